The molecular formula is C44H56F3N6O8P. The predicted octanol–water partition coefficient (Wildman–Crippen LogP) is 9.09. The number of unbranched alkanes of at least 4 members (excludes halogenated alkanes) is 10. The van der Waals surface area contributed by atoms with E-state index >= 15 is 0 Å². The van der Waals surface area contributed by atoms with Crippen LogP contribution in [-0.2, 0) is 39.3 Å². The van der Waals surface area contributed by atoms with E-state index in [4.69, 9.17) is 35.4 Å². The second-order valence-electron chi connectivity index (χ2n) is 15.6. The van der Waals surface area contributed by atoms with E-state index in [-0.39, 0.29) is 41.1 Å². The van der Waals surface area contributed by atoms with E-state index in [2.05, 4.69) is 32.9 Å². The fraction of sp³-hybridized carbons (Fsp3) is 0.523. The summed E-state index contributed by atoms with van der Waals surface area (Å²) in [5.74, 6) is -0.926. The lowest BCUT2D eigenvalue weighted by Gasteiger charge is -2.31. The number of nitrogen functional groups attached to an aromatic ring is 1. The number of imidazole rings is 1. The molecule has 336 valence electrons. The molecule has 1 aliphatic heterocycles. The van der Waals surface area contributed by atoms with E-state index < -0.39 is 80.5 Å². The Hall–Kier alpha value is -5.01. The number of carbonyl (C=O) groups excluding carboxylic acids is 2. The summed E-state index contributed by atoms with van der Waals surface area (Å²) in [6, 6.07) is 9.03. The molecule has 3 N–H and O–H groups in total. The molecule has 5 rings (SSSR count). The van der Waals surface area contributed by atoms with Crippen molar-refractivity contribution in [2.75, 3.05) is 12.3 Å². The number of para-hydroxylation sites is 1. The number of rotatable bonds is 25. The van der Waals surface area contributed by atoms with Crippen LogP contribution in [0.2, 0.25) is 0 Å². The fourth-order valence-corrected chi connectivity index (χ4v) is 8.68. The van der Waals surface area contributed by atoms with Crippen LogP contribution < -0.4 is 15.3 Å². The Labute approximate surface area is 360 Å². The minimum Gasteiger partial charge on any atom is -0.462 e. The number of esters is 2. The van der Waals surface area contributed by atoms with Gasteiger partial charge in [-0.3, -0.25) is 18.7 Å². The number of nitrogens with two attached hydrogens (primary N) is 1. The van der Waals surface area contributed by atoms with Crippen LogP contribution in [0.3, 0.4) is 0 Å². The summed E-state index contributed by atoms with van der Waals surface area (Å²) in [5, 5.41) is 2.60. The first-order valence-corrected chi connectivity index (χ1v) is 22.7. The zero-order chi connectivity index (χ0) is 44.7. The molecule has 0 unspecified atom stereocenters. The average Bonchev–Trinajstić information content (AvgIpc) is 3.80. The molecule has 1 saturated heterocycles. The van der Waals surface area contributed by atoms with Gasteiger partial charge in [-0.05, 0) is 56.5 Å². The normalized spacial score (nSPS) is 18.9. The van der Waals surface area contributed by atoms with Crippen LogP contribution in [0.25, 0.3) is 11.2 Å². The minimum absolute atomic E-state index is 0.0279. The van der Waals surface area contributed by atoms with Crippen molar-refractivity contribution in [2.45, 2.75) is 141 Å². The van der Waals surface area contributed by atoms with Crippen molar-refractivity contribution < 1.29 is 50.6 Å². The summed E-state index contributed by atoms with van der Waals surface area (Å²) < 4.78 is 89.0. The number of hydrogen-bond acceptors (Lipinski definition) is 12. The molecule has 0 bridgehead atoms. The van der Waals surface area contributed by atoms with Gasteiger partial charge in [0.25, 0.3) is 0 Å². The highest BCUT2D eigenvalue weighted by atomic mass is 31.2. The highest BCUT2D eigenvalue weighted by Gasteiger charge is 2.53. The molecule has 0 spiro atoms. The van der Waals surface area contributed by atoms with Crippen LogP contribution >= 0.6 is 7.75 Å². The van der Waals surface area contributed by atoms with Crippen molar-refractivity contribution in [3.8, 4) is 18.1 Å². The SMILES string of the molecule is C#C[C@]1(CO[P@@](=O)(N[C@@H](Cc2cc(F)cc(F)c2)C(=O)OC(C)C)Oc2ccccc2)O[C@@H](n2cnc3c(N)nc(F)nc32)C[C@@H]1OC(=O)CCCCCCCCCCCCC. The second-order valence-corrected chi connectivity index (χ2v) is 17.3. The van der Waals surface area contributed by atoms with E-state index in [0.717, 1.165) is 37.8 Å². The van der Waals surface area contributed by atoms with Gasteiger partial charge in [-0.25, -0.2) is 18.3 Å². The molecule has 1 fully saturated rings. The number of nitrogens with zero attached hydrogens (tertiary/aromatic N) is 4. The summed E-state index contributed by atoms with van der Waals surface area (Å²) in [4.78, 5) is 38.5. The first-order valence-electron chi connectivity index (χ1n) is 21.2. The third kappa shape index (κ3) is 13.7. The van der Waals surface area contributed by atoms with E-state index in [1.54, 1.807) is 32.0 Å². The summed E-state index contributed by atoms with van der Waals surface area (Å²) in [5.41, 5.74) is 4.03. The highest BCUT2D eigenvalue weighted by molar-refractivity contribution is 7.52. The van der Waals surface area contributed by atoms with Gasteiger partial charge in [0.2, 0.25) is 0 Å². The Bertz CT molecular complexity index is 2170. The Kier molecular flexibility index (Phi) is 17.7. The third-order valence-corrected chi connectivity index (χ3v) is 11.8. The van der Waals surface area contributed by atoms with Gasteiger partial charge in [0.15, 0.2) is 22.6 Å². The number of anilines is 1. The fourth-order valence-electron chi connectivity index (χ4n) is 7.16. The zero-order valence-electron chi connectivity index (χ0n) is 35.4. The van der Waals surface area contributed by atoms with Crippen LogP contribution in [0.5, 0.6) is 5.75 Å². The summed E-state index contributed by atoms with van der Waals surface area (Å²) in [7, 11) is -4.76. The summed E-state index contributed by atoms with van der Waals surface area (Å²) in [6.45, 7) is 4.63. The van der Waals surface area contributed by atoms with E-state index in [9.17, 15) is 27.3 Å². The largest absolute Gasteiger partial charge is 0.462 e. The number of terminal acetylenes is 1. The van der Waals surface area contributed by atoms with Crippen LogP contribution in [0.4, 0.5) is 19.0 Å². The summed E-state index contributed by atoms with van der Waals surface area (Å²) in [6.07, 6.45) is 15.0. The Morgan fingerprint density at radius 1 is 1.00 bits per heavy atom. The molecule has 2 aromatic heterocycles. The lowest BCUT2D eigenvalue weighted by atomic mass is 9.98. The molecule has 4 aromatic rings. The topological polar surface area (TPSA) is 179 Å². The number of fused-ring (bicyclic) bond motifs is 1. The van der Waals surface area contributed by atoms with Crippen molar-refractivity contribution >= 4 is 36.7 Å². The van der Waals surface area contributed by atoms with Crippen LogP contribution in [0, 0.1) is 30.1 Å². The van der Waals surface area contributed by atoms with Crippen LogP contribution in [0.15, 0.2) is 54.9 Å². The zero-order valence-corrected chi connectivity index (χ0v) is 36.3. The average molecular weight is 885 g/mol. The molecule has 18 heteroatoms. The highest BCUT2D eigenvalue weighted by Crippen LogP contribution is 2.49. The quantitative estimate of drug-likeness (QED) is 0.0212. The van der Waals surface area contributed by atoms with E-state index in [0.29, 0.717) is 12.5 Å². The number of hydrogen-bond donors (Lipinski definition) is 2. The Morgan fingerprint density at radius 3 is 2.27 bits per heavy atom. The van der Waals surface area contributed by atoms with E-state index in [1.165, 1.54) is 61.6 Å². The molecule has 14 nitrogen and oxygen atoms in total. The Morgan fingerprint density at radius 2 is 1.65 bits per heavy atom. The van der Waals surface area contributed by atoms with Crippen molar-refractivity contribution in [1.82, 2.24) is 24.6 Å². The second kappa shape index (κ2) is 22.9. The van der Waals surface area contributed by atoms with Crippen molar-refractivity contribution in [2.24, 2.45) is 0 Å². The number of nitrogens with one attached hydrogen (secondary N) is 1. The molecule has 3 heterocycles. The molecule has 5 atom stereocenters. The van der Waals surface area contributed by atoms with Gasteiger partial charge in [0, 0.05) is 18.9 Å². The lowest BCUT2D eigenvalue weighted by molar-refractivity contribution is -0.158. The van der Waals surface area contributed by atoms with Crippen LogP contribution in [0.1, 0.15) is 116 Å². The van der Waals surface area contributed by atoms with Crippen LogP contribution in [-0.4, -0.2) is 61.9 Å². The number of benzene rings is 2. The van der Waals surface area contributed by atoms with Gasteiger partial charge in [-0.2, -0.15) is 19.4 Å². The predicted molar refractivity (Wildman–Crippen MR) is 226 cm³/mol. The van der Waals surface area contributed by atoms with Crippen molar-refractivity contribution in [3.05, 3.63) is 78.1 Å². The van der Waals surface area contributed by atoms with Gasteiger partial charge < -0.3 is 24.5 Å². The molecule has 0 aliphatic carbocycles. The van der Waals surface area contributed by atoms with E-state index in [1.807, 2.05) is 0 Å². The maximum atomic E-state index is 14.9. The lowest BCUT2D eigenvalue weighted by Crippen LogP contribution is -2.46. The monoisotopic (exact) mass is 884 g/mol. The van der Waals surface area contributed by atoms with Crippen molar-refractivity contribution in [3.63, 3.8) is 0 Å². The molecule has 0 amide bonds. The third-order valence-electron chi connectivity index (χ3n) is 10.2. The van der Waals surface area contributed by atoms with Gasteiger partial charge in [-0.1, -0.05) is 95.3 Å². The molecular weight excluding hydrogens is 828 g/mol. The first kappa shape index (κ1) is 48.0. The molecule has 1 aliphatic rings. The minimum atomic E-state index is -4.76. The summed E-state index contributed by atoms with van der Waals surface area (Å²) >= 11 is 0. The molecule has 2 aromatic carbocycles. The molecule has 62 heavy (non-hydrogen) atoms. The number of aromatic nitrogens is 4. The number of ether oxygens (including phenoxy) is 3. The Balaban J connectivity index is 1.38. The van der Waals surface area contributed by atoms with Gasteiger partial charge in [0.05, 0.1) is 12.4 Å². The number of carbonyl (C=O) groups is 2. The molecule has 0 radical (unpaired) electrons. The standard InChI is InChI=1S/C44H56F3N6O8P/c1-5-7-8-9-10-11-12-13-14-15-19-22-38(54)59-36-27-37(53-29-49-39-40(48)50-43(47)51-41(39)53)60-44(36,6-2)28-57-62(56,61-34-20-17-16-18-21-34)52-35(42(55)58-30(3)4)25-31-23-32(45)26-33(46)24-31/h2,16-18,20-21,23-24,26,29-30,35-37H,5,7-15,19,22,25,27-28H2,1,3-4H3,(H,52,56)(H2,48,50,51)/t35-,36-,37+,44+,62-/m0/s1. The van der Waals surface area contributed by atoms with Gasteiger partial charge >= 0.3 is 25.8 Å². The maximum absolute atomic E-state index is 14.9. The van der Waals surface area contributed by atoms with Gasteiger partial charge in [0.1, 0.15) is 42.4 Å². The van der Waals surface area contributed by atoms with Gasteiger partial charge in [-0.15, -0.1) is 6.42 Å². The first-order chi connectivity index (χ1) is 29.7. The maximum Gasteiger partial charge on any atom is 0.459 e. The van der Waals surface area contributed by atoms with Crippen molar-refractivity contribution in [1.29, 1.82) is 0 Å². The number of halogens is 3. The smallest absolute Gasteiger partial charge is 0.459 e. The molecule has 0 saturated carbocycles.